The molecule has 0 radical (unpaired) electrons. The molecule has 0 aromatic heterocycles. The Morgan fingerprint density at radius 1 is 1.47 bits per heavy atom. The van der Waals surface area contributed by atoms with Crippen LogP contribution in [0.15, 0.2) is 30.4 Å². The van der Waals surface area contributed by atoms with Crippen LogP contribution in [-0.4, -0.2) is 19.1 Å². The Balaban J connectivity index is 2.47. The largest absolute Gasteiger partial charge is 0.463 e. The molecule has 0 saturated carbocycles. The van der Waals surface area contributed by atoms with Crippen molar-refractivity contribution in [2.45, 2.75) is 19.9 Å². The average Bonchev–Trinajstić information content (AvgIpc) is 2.34. The van der Waals surface area contributed by atoms with Crippen molar-refractivity contribution in [3.63, 3.8) is 0 Å². The lowest BCUT2D eigenvalue weighted by Crippen LogP contribution is -2.19. The van der Waals surface area contributed by atoms with E-state index in [1.807, 2.05) is 13.0 Å². The molecule has 0 aliphatic heterocycles. The molecule has 0 saturated heterocycles. The zero-order valence-corrected chi connectivity index (χ0v) is 12.5. The van der Waals surface area contributed by atoms with E-state index in [-0.39, 0.29) is 12.0 Å². The summed E-state index contributed by atoms with van der Waals surface area (Å²) in [7, 11) is 0. The summed E-state index contributed by atoms with van der Waals surface area (Å²) in [5, 5.41) is 4.48. The highest BCUT2D eigenvalue weighted by molar-refractivity contribution is 6.35. The van der Waals surface area contributed by atoms with Crippen LogP contribution in [0.1, 0.15) is 25.5 Å². The van der Waals surface area contributed by atoms with E-state index in [1.54, 1.807) is 25.1 Å². The van der Waals surface area contributed by atoms with Crippen molar-refractivity contribution in [2.75, 3.05) is 13.2 Å². The number of hydrogen-bond acceptors (Lipinski definition) is 3. The van der Waals surface area contributed by atoms with Crippen LogP contribution in [-0.2, 0) is 9.53 Å². The number of rotatable bonds is 6. The van der Waals surface area contributed by atoms with Gasteiger partial charge in [-0.25, -0.2) is 4.79 Å². The van der Waals surface area contributed by atoms with Gasteiger partial charge >= 0.3 is 5.97 Å². The summed E-state index contributed by atoms with van der Waals surface area (Å²) in [5.74, 6) is -0.332. The molecule has 1 rings (SSSR count). The minimum absolute atomic E-state index is 0.0663. The minimum atomic E-state index is -0.332. The quantitative estimate of drug-likeness (QED) is 0.642. The molecule has 0 heterocycles. The Labute approximate surface area is 123 Å². The van der Waals surface area contributed by atoms with Gasteiger partial charge in [-0.05, 0) is 31.5 Å². The van der Waals surface area contributed by atoms with Crippen molar-refractivity contribution >= 4 is 29.2 Å². The predicted octanol–water partition coefficient (Wildman–Crippen LogP) is 3.76. The highest BCUT2D eigenvalue weighted by Gasteiger charge is 2.08. The SMILES string of the molecule is CCOC(=O)/C=C/CNC(C)c1ccc(Cl)cc1Cl. The third-order valence-corrected chi connectivity index (χ3v) is 3.07. The Bertz CT molecular complexity index is 461. The van der Waals surface area contributed by atoms with Gasteiger partial charge in [-0.15, -0.1) is 0 Å². The van der Waals surface area contributed by atoms with Crippen molar-refractivity contribution in [3.8, 4) is 0 Å². The van der Waals surface area contributed by atoms with E-state index in [2.05, 4.69) is 5.32 Å². The maximum atomic E-state index is 11.1. The number of esters is 1. The first-order valence-electron chi connectivity index (χ1n) is 6.06. The molecule has 0 bridgehead atoms. The second kappa shape index (κ2) is 8.20. The topological polar surface area (TPSA) is 38.3 Å². The monoisotopic (exact) mass is 301 g/mol. The van der Waals surface area contributed by atoms with Gasteiger partial charge in [0, 0.05) is 28.7 Å². The molecule has 1 aromatic carbocycles. The van der Waals surface area contributed by atoms with Crippen LogP contribution in [0.4, 0.5) is 0 Å². The van der Waals surface area contributed by atoms with E-state index >= 15 is 0 Å². The van der Waals surface area contributed by atoms with E-state index in [4.69, 9.17) is 27.9 Å². The molecule has 0 spiro atoms. The number of carbonyl (C=O) groups excluding carboxylic acids is 1. The van der Waals surface area contributed by atoms with Gasteiger partial charge in [-0.2, -0.15) is 0 Å². The third kappa shape index (κ3) is 5.64. The van der Waals surface area contributed by atoms with Crippen LogP contribution in [0.5, 0.6) is 0 Å². The van der Waals surface area contributed by atoms with Gasteiger partial charge in [0.1, 0.15) is 0 Å². The fourth-order valence-corrected chi connectivity index (χ4v) is 2.13. The summed E-state index contributed by atoms with van der Waals surface area (Å²) in [6.45, 7) is 4.70. The fraction of sp³-hybridized carbons (Fsp3) is 0.357. The molecule has 0 aliphatic rings. The number of halogens is 2. The van der Waals surface area contributed by atoms with Crippen LogP contribution < -0.4 is 5.32 Å². The molecule has 104 valence electrons. The van der Waals surface area contributed by atoms with E-state index in [1.165, 1.54) is 6.08 Å². The van der Waals surface area contributed by atoms with Gasteiger partial charge in [-0.1, -0.05) is 35.3 Å². The van der Waals surface area contributed by atoms with E-state index in [9.17, 15) is 4.79 Å². The highest BCUT2D eigenvalue weighted by Crippen LogP contribution is 2.25. The number of hydrogen-bond donors (Lipinski definition) is 1. The molecule has 0 aliphatic carbocycles. The first-order valence-corrected chi connectivity index (χ1v) is 6.81. The molecule has 0 fully saturated rings. The van der Waals surface area contributed by atoms with Crippen LogP contribution >= 0.6 is 23.2 Å². The summed E-state index contributed by atoms with van der Waals surface area (Å²) in [5.41, 5.74) is 0.968. The molecule has 1 atom stereocenters. The average molecular weight is 302 g/mol. The first-order chi connectivity index (χ1) is 9.04. The van der Waals surface area contributed by atoms with Gasteiger partial charge in [-0.3, -0.25) is 0 Å². The van der Waals surface area contributed by atoms with Gasteiger partial charge in [0.25, 0.3) is 0 Å². The summed E-state index contributed by atoms with van der Waals surface area (Å²) >= 11 is 12.0. The fourth-order valence-electron chi connectivity index (χ4n) is 1.55. The zero-order valence-electron chi connectivity index (χ0n) is 11.0. The van der Waals surface area contributed by atoms with Gasteiger partial charge in [0.2, 0.25) is 0 Å². The first kappa shape index (κ1) is 16.0. The maximum Gasteiger partial charge on any atom is 0.330 e. The second-order valence-electron chi connectivity index (χ2n) is 3.95. The standard InChI is InChI=1S/C14H17Cl2NO2/c1-3-19-14(18)5-4-8-17-10(2)12-7-6-11(15)9-13(12)16/h4-7,9-10,17H,3,8H2,1-2H3/b5-4+. The number of carbonyl (C=O) groups is 1. The van der Waals surface area contributed by atoms with E-state index < -0.39 is 0 Å². The Hall–Kier alpha value is -1.03. The van der Waals surface area contributed by atoms with Gasteiger partial charge in [0.15, 0.2) is 0 Å². The normalized spacial score (nSPS) is 12.6. The summed E-state index contributed by atoms with van der Waals surface area (Å²) < 4.78 is 4.78. The molecule has 1 aromatic rings. The highest BCUT2D eigenvalue weighted by atomic mass is 35.5. The number of nitrogens with one attached hydrogen (secondary N) is 1. The van der Waals surface area contributed by atoms with Crippen molar-refractivity contribution < 1.29 is 9.53 Å². The lowest BCUT2D eigenvalue weighted by Gasteiger charge is -2.14. The number of benzene rings is 1. The summed E-state index contributed by atoms with van der Waals surface area (Å²) in [4.78, 5) is 11.1. The third-order valence-electron chi connectivity index (χ3n) is 2.51. The maximum absolute atomic E-state index is 11.1. The molecule has 0 amide bonds. The molecule has 1 N–H and O–H groups in total. The Kier molecular flexibility index (Phi) is 6.92. The van der Waals surface area contributed by atoms with E-state index in [0.29, 0.717) is 23.2 Å². The molecule has 3 nitrogen and oxygen atoms in total. The minimum Gasteiger partial charge on any atom is -0.463 e. The summed E-state index contributed by atoms with van der Waals surface area (Å²) in [6, 6.07) is 5.47. The molecule has 1 unspecified atom stereocenters. The molecule has 19 heavy (non-hydrogen) atoms. The van der Waals surface area contributed by atoms with Crippen LogP contribution in [0.25, 0.3) is 0 Å². The van der Waals surface area contributed by atoms with Crippen LogP contribution in [0.3, 0.4) is 0 Å². The zero-order chi connectivity index (χ0) is 14.3. The van der Waals surface area contributed by atoms with Crippen molar-refractivity contribution in [3.05, 3.63) is 46.0 Å². The molecular formula is C14H17Cl2NO2. The van der Waals surface area contributed by atoms with Crippen LogP contribution in [0, 0.1) is 0 Å². The molecule has 5 heteroatoms. The lowest BCUT2D eigenvalue weighted by atomic mass is 10.1. The number of ether oxygens (including phenoxy) is 1. The molecular weight excluding hydrogens is 285 g/mol. The smallest absolute Gasteiger partial charge is 0.330 e. The Morgan fingerprint density at radius 2 is 2.21 bits per heavy atom. The lowest BCUT2D eigenvalue weighted by molar-refractivity contribution is -0.137. The van der Waals surface area contributed by atoms with Crippen LogP contribution in [0.2, 0.25) is 10.0 Å². The van der Waals surface area contributed by atoms with Gasteiger partial charge < -0.3 is 10.1 Å². The van der Waals surface area contributed by atoms with Gasteiger partial charge in [0.05, 0.1) is 6.61 Å². The second-order valence-corrected chi connectivity index (χ2v) is 4.79. The van der Waals surface area contributed by atoms with Crippen molar-refractivity contribution in [2.24, 2.45) is 0 Å². The van der Waals surface area contributed by atoms with Crippen molar-refractivity contribution in [1.29, 1.82) is 0 Å². The van der Waals surface area contributed by atoms with Crippen molar-refractivity contribution in [1.82, 2.24) is 5.32 Å². The predicted molar refractivity (Wildman–Crippen MR) is 78.7 cm³/mol. The van der Waals surface area contributed by atoms with E-state index in [0.717, 1.165) is 5.56 Å². The summed E-state index contributed by atoms with van der Waals surface area (Å²) in [6.07, 6.45) is 3.13. The Morgan fingerprint density at radius 3 is 2.84 bits per heavy atom.